The molecule has 3 rings (SSSR count). The summed E-state index contributed by atoms with van der Waals surface area (Å²) in [7, 11) is 0. The lowest BCUT2D eigenvalue weighted by Crippen LogP contribution is -2.42. The largest absolute Gasteiger partial charge is 0.340 e. The second-order valence-electron chi connectivity index (χ2n) is 6.15. The fourth-order valence-corrected chi connectivity index (χ4v) is 3.86. The highest BCUT2D eigenvalue weighted by molar-refractivity contribution is 7.13. The van der Waals surface area contributed by atoms with Crippen molar-refractivity contribution in [3.8, 4) is 10.6 Å². The average molecular weight is 329 g/mol. The lowest BCUT2D eigenvalue weighted by atomic mass is 10.0. The molecule has 2 N–H and O–H groups in total. The smallest absolute Gasteiger partial charge is 0.228 e. The summed E-state index contributed by atoms with van der Waals surface area (Å²) < 4.78 is 0. The number of aromatic nitrogens is 1. The van der Waals surface area contributed by atoms with Crippen LogP contribution in [0.15, 0.2) is 29.6 Å². The molecule has 1 amide bonds. The standard InChI is InChI=1S/C18H23N3OS/c1-13-4-2-3-9-21(13)17(22)10-16-12-23-18(20-16)15-7-5-14(11-19)6-8-15/h5-8,12-13H,2-4,9-11,19H2,1H3. The molecule has 1 unspecified atom stereocenters. The van der Waals surface area contributed by atoms with Crippen LogP contribution in [0.3, 0.4) is 0 Å². The maximum atomic E-state index is 12.5. The topological polar surface area (TPSA) is 59.2 Å². The summed E-state index contributed by atoms with van der Waals surface area (Å²) in [6, 6.07) is 8.49. The Morgan fingerprint density at radius 2 is 2.13 bits per heavy atom. The molecule has 2 aromatic rings. The maximum Gasteiger partial charge on any atom is 0.228 e. The van der Waals surface area contributed by atoms with E-state index in [1.807, 2.05) is 34.5 Å². The van der Waals surface area contributed by atoms with Crippen LogP contribution in [-0.2, 0) is 17.8 Å². The summed E-state index contributed by atoms with van der Waals surface area (Å²) in [6.45, 7) is 3.58. The normalized spacial score (nSPS) is 18.2. The van der Waals surface area contributed by atoms with Gasteiger partial charge in [0.15, 0.2) is 0 Å². The van der Waals surface area contributed by atoms with Crippen LogP contribution in [0.2, 0.25) is 0 Å². The molecule has 1 saturated heterocycles. The summed E-state index contributed by atoms with van der Waals surface area (Å²) in [4.78, 5) is 19.1. The zero-order chi connectivity index (χ0) is 16.2. The van der Waals surface area contributed by atoms with Gasteiger partial charge in [0.05, 0.1) is 12.1 Å². The van der Waals surface area contributed by atoms with E-state index in [2.05, 4.69) is 11.9 Å². The van der Waals surface area contributed by atoms with Gasteiger partial charge in [0.1, 0.15) is 5.01 Å². The van der Waals surface area contributed by atoms with Gasteiger partial charge in [0.25, 0.3) is 0 Å². The number of hydrogen-bond donors (Lipinski definition) is 1. The molecule has 1 aromatic heterocycles. The van der Waals surface area contributed by atoms with E-state index >= 15 is 0 Å². The van der Waals surface area contributed by atoms with E-state index in [0.29, 0.717) is 19.0 Å². The quantitative estimate of drug-likeness (QED) is 0.937. The van der Waals surface area contributed by atoms with Gasteiger partial charge in [0, 0.05) is 30.1 Å². The second kappa shape index (κ2) is 7.23. The fourth-order valence-electron chi connectivity index (χ4n) is 3.03. The lowest BCUT2D eigenvalue weighted by molar-refractivity contribution is -0.133. The zero-order valence-corrected chi connectivity index (χ0v) is 14.3. The summed E-state index contributed by atoms with van der Waals surface area (Å²) in [5.74, 6) is 0.201. The molecule has 4 nitrogen and oxygen atoms in total. The number of rotatable bonds is 4. The first-order valence-electron chi connectivity index (χ1n) is 8.20. The molecule has 0 saturated carbocycles. The Balaban J connectivity index is 1.67. The monoisotopic (exact) mass is 329 g/mol. The summed E-state index contributed by atoms with van der Waals surface area (Å²) in [5.41, 5.74) is 8.69. The Morgan fingerprint density at radius 1 is 1.35 bits per heavy atom. The number of nitrogens with two attached hydrogens (primary N) is 1. The zero-order valence-electron chi connectivity index (χ0n) is 13.5. The van der Waals surface area contributed by atoms with Gasteiger partial charge in [-0.1, -0.05) is 24.3 Å². The number of piperidine rings is 1. The number of benzene rings is 1. The van der Waals surface area contributed by atoms with Gasteiger partial charge < -0.3 is 10.6 Å². The van der Waals surface area contributed by atoms with Gasteiger partial charge in [-0.25, -0.2) is 4.98 Å². The minimum atomic E-state index is 0.201. The molecule has 1 fully saturated rings. The second-order valence-corrected chi connectivity index (χ2v) is 7.01. The minimum Gasteiger partial charge on any atom is -0.340 e. The van der Waals surface area contributed by atoms with Crippen molar-refractivity contribution in [2.45, 2.75) is 45.2 Å². The number of carbonyl (C=O) groups is 1. The predicted octanol–water partition coefficient (Wildman–Crippen LogP) is 3.21. The van der Waals surface area contributed by atoms with Crippen molar-refractivity contribution in [1.82, 2.24) is 9.88 Å². The fraction of sp³-hybridized carbons (Fsp3) is 0.444. The molecule has 23 heavy (non-hydrogen) atoms. The van der Waals surface area contributed by atoms with Crippen LogP contribution < -0.4 is 5.73 Å². The van der Waals surface area contributed by atoms with Crippen LogP contribution in [-0.4, -0.2) is 28.4 Å². The molecule has 0 aliphatic carbocycles. The SMILES string of the molecule is CC1CCCCN1C(=O)Cc1csc(-c2ccc(CN)cc2)n1. The highest BCUT2D eigenvalue weighted by Crippen LogP contribution is 2.25. The van der Waals surface area contributed by atoms with Crippen molar-refractivity contribution in [1.29, 1.82) is 0 Å². The van der Waals surface area contributed by atoms with Crippen molar-refractivity contribution >= 4 is 17.2 Å². The van der Waals surface area contributed by atoms with Crippen molar-refractivity contribution in [2.24, 2.45) is 5.73 Å². The molecule has 0 bridgehead atoms. The van der Waals surface area contributed by atoms with Gasteiger partial charge in [-0.05, 0) is 31.7 Å². The molecule has 122 valence electrons. The van der Waals surface area contributed by atoms with Crippen LogP contribution in [0.4, 0.5) is 0 Å². The van der Waals surface area contributed by atoms with Gasteiger partial charge in [-0.3, -0.25) is 4.79 Å². The van der Waals surface area contributed by atoms with Crippen LogP contribution in [0.5, 0.6) is 0 Å². The third kappa shape index (κ3) is 3.79. The van der Waals surface area contributed by atoms with Crippen LogP contribution in [0, 0.1) is 0 Å². The molecular weight excluding hydrogens is 306 g/mol. The maximum absolute atomic E-state index is 12.5. The van der Waals surface area contributed by atoms with Crippen LogP contribution in [0.25, 0.3) is 10.6 Å². The molecule has 1 aliphatic heterocycles. The summed E-state index contributed by atoms with van der Waals surface area (Å²) in [5, 5.41) is 2.96. The Bertz CT molecular complexity index is 665. The highest BCUT2D eigenvalue weighted by Gasteiger charge is 2.23. The van der Waals surface area contributed by atoms with E-state index in [-0.39, 0.29) is 5.91 Å². The number of hydrogen-bond acceptors (Lipinski definition) is 4. The first-order chi connectivity index (χ1) is 11.2. The Hall–Kier alpha value is -1.72. The van der Waals surface area contributed by atoms with E-state index in [4.69, 9.17) is 5.73 Å². The molecule has 0 spiro atoms. The first-order valence-corrected chi connectivity index (χ1v) is 9.08. The van der Waals surface area contributed by atoms with E-state index in [1.165, 1.54) is 6.42 Å². The molecule has 1 atom stereocenters. The molecule has 0 radical (unpaired) electrons. The predicted molar refractivity (Wildman–Crippen MR) is 94.2 cm³/mol. The van der Waals surface area contributed by atoms with E-state index in [9.17, 15) is 4.79 Å². The Kier molecular flexibility index (Phi) is 5.08. The molecular formula is C18H23N3OS. The summed E-state index contributed by atoms with van der Waals surface area (Å²) in [6.07, 6.45) is 3.86. The first kappa shape index (κ1) is 16.1. The van der Waals surface area contributed by atoms with Crippen LogP contribution >= 0.6 is 11.3 Å². The minimum absolute atomic E-state index is 0.201. The Morgan fingerprint density at radius 3 is 2.83 bits per heavy atom. The van der Waals surface area contributed by atoms with Crippen LogP contribution in [0.1, 0.15) is 37.4 Å². The molecule has 5 heteroatoms. The number of amides is 1. The number of carbonyl (C=O) groups excluding carboxylic acids is 1. The number of nitrogens with zero attached hydrogens (tertiary/aromatic N) is 2. The molecule has 2 heterocycles. The van der Waals surface area contributed by atoms with Gasteiger partial charge in [0.2, 0.25) is 5.91 Å². The van der Waals surface area contributed by atoms with E-state index < -0.39 is 0 Å². The average Bonchev–Trinajstić information content (AvgIpc) is 3.03. The van der Waals surface area contributed by atoms with E-state index in [0.717, 1.165) is 41.2 Å². The highest BCUT2D eigenvalue weighted by atomic mass is 32.1. The third-order valence-electron chi connectivity index (χ3n) is 4.44. The van der Waals surface area contributed by atoms with Crippen molar-refractivity contribution in [2.75, 3.05) is 6.54 Å². The van der Waals surface area contributed by atoms with E-state index in [1.54, 1.807) is 11.3 Å². The lowest BCUT2D eigenvalue weighted by Gasteiger charge is -2.33. The number of likely N-dealkylation sites (tertiary alicyclic amines) is 1. The Labute approximate surface area is 141 Å². The van der Waals surface area contributed by atoms with Gasteiger partial charge in [-0.15, -0.1) is 11.3 Å². The molecule has 1 aromatic carbocycles. The van der Waals surface area contributed by atoms with Gasteiger partial charge >= 0.3 is 0 Å². The van der Waals surface area contributed by atoms with Gasteiger partial charge in [-0.2, -0.15) is 0 Å². The number of thiazole rings is 1. The van der Waals surface area contributed by atoms with Crippen molar-refractivity contribution < 1.29 is 4.79 Å². The summed E-state index contributed by atoms with van der Waals surface area (Å²) >= 11 is 1.59. The van der Waals surface area contributed by atoms with Crippen molar-refractivity contribution in [3.05, 3.63) is 40.9 Å². The van der Waals surface area contributed by atoms with Crippen molar-refractivity contribution in [3.63, 3.8) is 0 Å². The molecule has 1 aliphatic rings. The third-order valence-corrected chi connectivity index (χ3v) is 5.38.